The fourth-order valence-electron chi connectivity index (χ4n) is 2.30. The van der Waals surface area contributed by atoms with Crippen molar-refractivity contribution < 1.29 is 14.3 Å². The minimum atomic E-state index is -0.382. The summed E-state index contributed by atoms with van der Waals surface area (Å²) in [7, 11) is 0. The van der Waals surface area contributed by atoms with E-state index in [1.165, 1.54) is 0 Å². The van der Waals surface area contributed by atoms with Gasteiger partial charge in [-0.25, -0.2) is 14.8 Å². The van der Waals surface area contributed by atoms with Crippen molar-refractivity contribution in [2.45, 2.75) is 27.4 Å². The SMILES string of the molecule is CCOC(=O)c1c(C)nc2ccc(OCc3cnc(C)s3)cn12. The number of aromatic nitrogens is 3. The van der Waals surface area contributed by atoms with E-state index in [1.807, 2.05) is 25.3 Å². The lowest BCUT2D eigenvalue weighted by Crippen LogP contribution is -2.09. The number of hydrogen-bond acceptors (Lipinski definition) is 6. The Labute approximate surface area is 137 Å². The number of fused-ring (bicyclic) bond motifs is 1. The van der Waals surface area contributed by atoms with Crippen LogP contribution in [0.15, 0.2) is 24.5 Å². The second-order valence-corrected chi connectivity index (χ2v) is 6.31. The molecule has 0 aromatic carbocycles. The minimum absolute atomic E-state index is 0.326. The van der Waals surface area contributed by atoms with Crippen molar-refractivity contribution >= 4 is 23.0 Å². The Balaban J connectivity index is 1.88. The second-order valence-electron chi connectivity index (χ2n) is 4.99. The number of esters is 1. The van der Waals surface area contributed by atoms with Crippen LogP contribution >= 0.6 is 11.3 Å². The smallest absolute Gasteiger partial charge is 0.357 e. The van der Waals surface area contributed by atoms with E-state index in [-0.39, 0.29) is 5.97 Å². The van der Waals surface area contributed by atoms with E-state index in [1.54, 1.807) is 35.8 Å². The molecule has 0 aliphatic heterocycles. The highest BCUT2D eigenvalue weighted by Gasteiger charge is 2.18. The van der Waals surface area contributed by atoms with Crippen LogP contribution in [0.5, 0.6) is 5.75 Å². The number of imidazole rings is 1. The fourth-order valence-corrected chi connectivity index (χ4v) is 3.01. The third kappa shape index (κ3) is 3.19. The van der Waals surface area contributed by atoms with Crippen molar-refractivity contribution in [1.82, 2.24) is 14.4 Å². The maximum atomic E-state index is 12.1. The van der Waals surface area contributed by atoms with Crippen LogP contribution in [0.25, 0.3) is 5.65 Å². The Hall–Kier alpha value is -2.41. The van der Waals surface area contributed by atoms with Crippen LogP contribution in [0.4, 0.5) is 0 Å². The van der Waals surface area contributed by atoms with E-state index >= 15 is 0 Å². The molecule has 0 amide bonds. The highest BCUT2D eigenvalue weighted by atomic mass is 32.1. The van der Waals surface area contributed by atoms with E-state index in [4.69, 9.17) is 9.47 Å². The van der Waals surface area contributed by atoms with E-state index in [0.717, 1.165) is 9.88 Å². The number of carbonyl (C=O) groups is 1. The number of carbonyl (C=O) groups excluding carboxylic acids is 1. The standard InChI is InChI=1S/C16H17N3O3S/c1-4-21-16(20)15-10(2)18-14-6-5-12(8-19(14)15)22-9-13-7-17-11(3)23-13/h5-8H,4,9H2,1-3H3. The first kappa shape index (κ1) is 15.5. The summed E-state index contributed by atoms with van der Waals surface area (Å²) >= 11 is 1.60. The van der Waals surface area contributed by atoms with Gasteiger partial charge in [0.15, 0.2) is 5.69 Å². The summed E-state index contributed by atoms with van der Waals surface area (Å²) in [5, 5.41) is 1.01. The summed E-state index contributed by atoms with van der Waals surface area (Å²) in [6, 6.07) is 3.66. The lowest BCUT2D eigenvalue weighted by atomic mass is 10.3. The molecule has 0 atom stereocenters. The zero-order valence-electron chi connectivity index (χ0n) is 13.2. The summed E-state index contributed by atoms with van der Waals surface area (Å²) in [4.78, 5) is 21.7. The van der Waals surface area contributed by atoms with Gasteiger partial charge in [-0.15, -0.1) is 11.3 Å². The third-order valence-corrected chi connectivity index (χ3v) is 4.17. The number of hydrogen-bond donors (Lipinski definition) is 0. The van der Waals surface area contributed by atoms with E-state index in [0.29, 0.717) is 36.0 Å². The molecule has 0 radical (unpaired) electrons. The maximum absolute atomic E-state index is 12.1. The van der Waals surface area contributed by atoms with Crippen LogP contribution in [0.1, 0.15) is 33.0 Å². The molecule has 0 fully saturated rings. The van der Waals surface area contributed by atoms with Crippen LogP contribution in [-0.2, 0) is 11.3 Å². The van der Waals surface area contributed by atoms with Gasteiger partial charge in [-0.2, -0.15) is 0 Å². The highest BCUT2D eigenvalue weighted by Crippen LogP contribution is 2.20. The minimum Gasteiger partial charge on any atom is -0.486 e. The molecule has 0 saturated carbocycles. The molecule has 0 unspecified atom stereocenters. The average molecular weight is 331 g/mol. The molecule has 120 valence electrons. The fraction of sp³-hybridized carbons (Fsp3) is 0.312. The Kier molecular flexibility index (Phi) is 4.29. The first-order valence-corrected chi connectivity index (χ1v) is 8.10. The van der Waals surface area contributed by atoms with Gasteiger partial charge in [0.1, 0.15) is 18.0 Å². The van der Waals surface area contributed by atoms with Gasteiger partial charge in [-0.05, 0) is 32.9 Å². The topological polar surface area (TPSA) is 65.7 Å². The van der Waals surface area contributed by atoms with Crippen LogP contribution in [0.2, 0.25) is 0 Å². The van der Waals surface area contributed by atoms with Gasteiger partial charge in [-0.1, -0.05) is 0 Å². The van der Waals surface area contributed by atoms with Crippen LogP contribution in [0.3, 0.4) is 0 Å². The van der Waals surface area contributed by atoms with Crippen molar-refractivity contribution in [1.29, 1.82) is 0 Å². The Morgan fingerprint density at radius 2 is 2.17 bits per heavy atom. The molecular weight excluding hydrogens is 314 g/mol. The Morgan fingerprint density at radius 1 is 1.35 bits per heavy atom. The first-order valence-electron chi connectivity index (χ1n) is 7.28. The van der Waals surface area contributed by atoms with Crippen LogP contribution in [-0.4, -0.2) is 26.9 Å². The number of aryl methyl sites for hydroxylation is 2. The highest BCUT2D eigenvalue weighted by molar-refractivity contribution is 7.11. The lowest BCUT2D eigenvalue weighted by molar-refractivity contribution is 0.0517. The molecule has 0 aliphatic rings. The molecule has 0 saturated heterocycles. The van der Waals surface area contributed by atoms with E-state index < -0.39 is 0 Å². The van der Waals surface area contributed by atoms with E-state index in [9.17, 15) is 4.79 Å². The van der Waals surface area contributed by atoms with Gasteiger partial charge in [0, 0.05) is 6.20 Å². The molecule has 6 nitrogen and oxygen atoms in total. The average Bonchev–Trinajstić information content (AvgIpc) is 3.07. The lowest BCUT2D eigenvalue weighted by Gasteiger charge is -2.07. The van der Waals surface area contributed by atoms with Gasteiger partial charge in [0.25, 0.3) is 0 Å². The first-order chi connectivity index (χ1) is 11.1. The number of pyridine rings is 1. The zero-order valence-corrected chi connectivity index (χ0v) is 14.0. The summed E-state index contributed by atoms with van der Waals surface area (Å²) < 4.78 is 12.6. The van der Waals surface area contributed by atoms with Crippen molar-refractivity contribution in [2.75, 3.05) is 6.61 Å². The van der Waals surface area contributed by atoms with Crippen LogP contribution < -0.4 is 4.74 Å². The summed E-state index contributed by atoms with van der Waals surface area (Å²) in [5.41, 5.74) is 1.76. The van der Waals surface area contributed by atoms with Gasteiger partial charge >= 0.3 is 5.97 Å². The van der Waals surface area contributed by atoms with Gasteiger partial charge < -0.3 is 9.47 Å². The van der Waals surface area contributed by atoms with Gasteiger partial charge in [0.05, 0.1) is 28.4 Å². The van der Waals surface area contributed by atoms with Crippen molar-refractivity contribution in [3.63, 3.8) is 0 Å². The molecule has 7 heteroatoms. The number of ether oxygens (including phenoxy) is 2. The molecule has 3 rings (SSSR count). The van der Waals surface area contributed by atoms with Crippen LogP contribution in [0, 0.1) is 13.8 Å². The summed E-state index contributed by atoms with van der Waals surface area (Å²) in [5.74, 6) is 0.277. The summed E-state index contributed by atoms with van der Waals surface area (Å²) in [6.45, 7) is 6.30. The second kappa shape index (κ2) is 6.37. The van der Waals surface area contributed by atoms with Crippen molar-refractivity contribution in [2.24, 2.45) is 0 Å². The number of nitrogens with zero attached hydrogens (tertiary/aromatic N) is 3. The normalized spacial score (nSPS) is 10.9. The maximum Gasteiger partial charge on any atom is 0.357 e. The molecule has 0 spiro atoms. The van der Waals surface area contributed by atoms with Crippen molar-refractivity contribution in [3.8, 4) is 5.75 Å². The molecule has 23 heavy (non-hydrogen) atoms. The molecular formula is C16H17N3O3S. The van der Waals surface area contributed by atoms with Gasteiger partial charge in [0.2, 0.25) is 0 Å². The molecule has 0 N–H and O–H groups in total. The largest absolute Gasteiger partial charge is 0.486 e. The third-order valence-electron chi connectivity index (χ3n) is 3.28. The number of rotatable bonds is 5. The monoisotopic (exact) mass is 331 g/mol. The van der Waals surface area contributed by atoms with Gasteiger partial charge in [-0.3, -0.25) is 4.40 Å². The predicted molar refractivity (Wildman–Crippen MR) is 87.1 cm³/mol. The number of thiazole rings is 1. The summed E-state index contributed by atoms with van der Waals surface area (Å²) in [6.07, 6.45) is 3.57. The molecule has 3 heterocycles. The Bertz CT molecular complexity index is 853. The predicted octanol–water partition coefficient (Wildman–Crippen LogP) is 3.16. The molecule has 3 aromatic heterocycles. The zero-order chi connectivity index (χ0) is 16.4. The van der Waals surface area contributed by atoms with E-state index in [2.05, 4.69) is 9.97 Å². The molecule has 0 bridgehead atoms. The van der Waals surface area contributed by atoms with Crippen molar-refractivity contribution in [3.05, 3.63) is 45.8 Å². The molecule has 3 aromatic rings. The molecule has 0 aliphatic carbocycles. The quantitative estimate of drug-likeness (QED) is 0.672. The Morgan fingerprint density at radius 3 is 2.87 bits per heavy atom.